The van der Waals surface area contributed by atoms with E-state index in [1.165, 1.54) is 0 Å². The fraction of sp³-hybridized carbons (Fsp3) is 0.176. The number of carbonyl (C=O) groups excluding carboxylic acids is 2. The lowest BCUT2D eigenvalue weighted by Crippen LogP contribution is -2.13. The number of carbonyl (C=O) groups is 2. The number of aryl methyl sites for hydroxylation is 1. The molecule has 2 aromatic carbocycles. The Morgan fingerprint density at radius 3 is 2.32 bits per heavy atom. The van der Waals surface area contributed by atoms with Gasteiger partial charge in [0.15, 0.2) is 0 Å². The Labute approximate surface area is 138 Å². The molecule has 0 spiro atoms. The molecule has 0 aliphatic carbocycles. The van der Waals surface area contributed by atoms with Crippen LogP contribution in [0, 0.1) is 6.92 Å². The van der Waals surface area contributed by atoms with Crippen LogP contribution >= 0.6 is 15.9 Å². The third-order valence-corrected chi connectivity index (χ3v) is 3.71. The van der Waals surface area contributed by atoms with E-state index < -0.39 is 0 Å². The summed E-state index contributed by atoms with van der Waals surface area (Å²) in [6.07, 6.45) is 0.432. The maximum Gasteiger partial charge on any atom is 0.255 e. The molecule has 5 heteroatoms. The number of rotatable bonds is 4. The molecule has 114 valence electrons. The molecule has 2 aromatic rings. The van der Waals surface area contributed by atoms with Crippen LogP contribution in [0.2, 0.25) is 0 Å². The van der Waals surface area contributed by atoms with Gasteiger partial charge in [0.05, 0.1) is 0 Å². The number of hydrogen-bond acceptors (Lipinski definition) is 2. The van der Waals surface area contributed by atoms with Crippen molar-refractivity contribution in [3.8, 4) is 0 Å². The quantitative estimate of drug-likeness (QED) is 0.850. The Balaban J connectivity index is 2.10. The third-order valence-electron chi connectivity index (χ3n) is 3.19. The summed E-state index contributed by atoms with van der Waals surface area (Å²) in [7, 11) is 0. The summed E-state index contributed by atoms with van der Waals surface area (Å²) in [5.41, 5.74) is 2.94. The zero-order valence-corrected chi connectivity index (χ0v) is 14.0. The molecule has 0 aromatic heterocycles. The Morgan fingerprint density at radius 1 is 1.05 bits per heavy atom. The maximum atomic E-state index is 12.1. The van der Waals surface area contributed by atoms with Crippen LogP contribution in [-0.2, 0) is 4.79 Å². The number of halogens is 1. The second kappa shape index (κ2) is 7.22. The molecule has 0 saturated heterocycles. The van der Waals surface area contributed by atoms with Crippen LogP contribution in [0.1, 0.15) is 29.3 Å². The highest BCUT2D eigenvalue weighted by molar-refractivity contribution is 9.10. The van der Waals surface area contributed by atoms with Crippen LogP contribution < -0.4 is 10.6 Å². The predicted octanol–water partition coefficient (Wildman–Crippen LogP) is 4.36. The van der Waals surface area contributed by atoms with Crippen LogP contribution in [0.25, 0.3) is 0 Å². The van der Waals surface area contributed by atoms with Crippen LogP contribution in [0.15, 0.2) is 46.9 Å². The zero-order chi connectivity index (χ0) is 16.1. The molecule has 0 aliphatic heterocycles. The third kappa shape index (κ3) is 4.18. The summed E-state index contributed by atoms with van der Waals surface area (Å²) < 4.78 is 0.927. The molecule has 0 radical (unpaired) electrons. The van der Waals surface area contributed by atoms with E-state index in [9.17, 15) is 9.59 Å². The van der Waals surface area contributed by atoms with E-state index >= 15 is 0 Å². The van der Waals surface area contributed by atoms with Crippen molar-refractivity contribution in [2.45, 2.75) is 20.3 Å². The molecule has 0 unspecified atom stereocenters. The average molecular weight is 361 g/mol. The maximum absolute atomic E-state index is 12.1. The summed E-state index contributed by atoms with van der Waals surface area (Å²) >= 11 is 3.34. The predicted molar refractivity (Wildman–Crippen MR) is 92.2 cm³/mol. The number of anilines is 2. The van der Waals surface area contributed by atoms with Gasteiger partial charge in [-0.05, 0) is 55.0 Å². The van der Waals surface area contributed by atoms with Gasteiger partial charge in [-0.25, -0.2) is 0 Å². The number of amides is 2. The van der Waals surface area contributed by atoms with Gasteiger partial charge in [-0.2, -0.15) is 0 Å². The summed E-state index contributed by atoms with van der Waals surface area (Å²) in [4.78, 5) is 23.6. The van der Waals surface area contributed by atoms with Gasteiger partial charge in [0, 0.05) is 27.8 Å². The SMILES string of the molecule is CCC(=O)Nc1ccc(NC(=O)c2ccc(Br)cc2)cc1C. The van der Waals surface area contributed by atoms with Crippen LogP contribution in [0.5, 0.6) is 0 Å². The van der Waals surface area contributed by atoms with Gasteiger partial charge in [-0.3, -0.25) is 9.59 Å². The lowest BCUT2D eigenvalue weighted by molar-refractivity contribution is -0.115. The van der Waals surface area contributed by atoms with Crippen molar-refractivity contribution in [3.05, 3.63) is 58.1 Å². The first-order valence-corrected chi connectivity index (χ1v) is 7.76. The highest BCUT2D eigenvalue weighted by Gasteiger charge is 2.08. The minimum absolute atomic E-state index is 0.0326. The topological polar surface area (TPSA) is 58.2 Å². The van der Waals surface area contributed by atoms with Crippen LogP contribution in [-0.4, -0.2) is 11.8 Å². The highest BCUT2D eigenvalue weighted by Crippen LogP contribution is 2.21. The van der Waals surface area contributed by atoms with Gasteiger partial charge < -0.3 is 10.6 Å². The van der Waals surface area contributed by atoms with Gasteiger partial charge >= 0.3 is 0 Å². The second-order valence-corrected chi connectivity index (χ2v) is 5.81. The van der Waals surface area contributed by atoms with E-state index in [1.54, 1.807) is 31.2 Å². The highest BCUT2D eigenvalue weighted by atomic mass is 79.9. The van der Waals surface area contributed by atoms with Crippen LogP contribution in [0.3, 0.4) is 0 Å². The van der Waals surface area contributed by atoms with Crippen molar-refractivity contribution in [1.82, 2.24) is 0 Å². The molecule has 0 bridgehead atoms. The van der Waals surface area contributed by atoms with Crippen molar-refractivity contribution in [2.75, 3.05) is 10.6 Å². The molecule has 0 saturated carbocycles. The Bertz CT molecular complexity index is 696. The van der Waals surface area contributed by atoms with Crippen molar-refractivity contribution in [3.63, 3.8) is 0 Å². The molecule has 22 heavy (non-hydrogen) atoms. The first-order valence-electron chi connectivity index (χ1n) is 6.97. The molecule has 0 fully saturated rings. The summed E-state index contributed by atoms with van der Waals surface area (Å²) in [5, 5.41) is 5.67. The van der Waals surface area contributed by atoms with Gasteiger partial charge in [0.2, 0.25) is 5.91 Å². The van der Waals surface area contributed by atoms with E-state index in [0.29, 0.717) is 17.7 Å². The smallest absolute Gasteiger partial charge is 0.255 e. The molecule has 2 amide bonds. The van der Waals surface area contributed by atoms with E-state index in [2.05, 4.69) is 26.6 Å². The standard InChI is InChI=1S/C17H17BrN2O2/c1-3-16(21)20-15-9-8-14(10-11(15)2)19-17(22)12-4-6-13(18)7-5-12/h4-10H,3H2,1-2H3,(H,19,22)(H,20,21). The monoisotopic (exact) mass is 360 g/mol. The van der Waals surface area contributed by atoms with Gasteiger partial charge in [0.25, 0.3) is 5.91 Å². The van der Waals surface area contributed by atoms with Crippen LogP contribution in [0.4, 0.5) is 11.4 Å². The molecule has 4 nitrogen and oxygen atoms in total. The van der Waals surface area contributed by atoms with E-state index in [-0.39, 0.29) is 11.8 Å². The lowest BCUT2D eigenvalue weighted by atomic mass is 10.1. The Kier molecular flexibility index (Phi) is 5.33. The Morgan fingerprint density at radius 2 is 1.73 bits per heavy atom. The minimum Gasteiger partial charge on any atom is -0.326 e. The van der Waals surface area contributed by atoms with E-state index in [0.717, 1.165) is 15.7 Å². The van der Waals surface area contributed by atoms with Crippen molar-refractivity contribution < 1.29 is 9.59 Å². The zero-order valence-electron chi connectivity index (χ0n) is 12.4. The largest absolute Gasteiger partial charge is 0.326 e. The van der Waals surface area contributed by atoms with Gasteiger partial charge in [0.1, 0.15) is 0 Å². The fourth-order valence-corrected chi connectivity index (χ4v) is 2.19. The first kappa shape index (κ1) is 16.2. The fourth-order valence-electron chi connectivity index (χ4n) is 1.92. The average Bonchev–Trinajstić information content (AvgIpc) is 2.50. The lowest BCUT2D eigenvalue weighted by Gasteiger charge is -2.11. The van der Waals surface area contributed by atoms with Crippen molar-refractivity contribution in [1.29, 1.82) is 0 Å². The second-order valence-electron chi connectivity index (χ2n) is 4.89. The normalized spacial score (nSPS) is 10.1. The van der Waals surface area contributed by atoms with Gasteiger partial charge in [-0.1, -0.05) is 22.9 Å². The first-order chi connectivity index (χ1) is 10.5. The summed E-state index contributed by atoms with van der Waals surface area (Å²) in [5.74, 6) is -0.202. The van der Waals surface area contributed by atoms with Gasteiger partial charge in [-0.15, -0.1) is 0 Å². The van der Waals surface area contributed by atoms with Crippen molar-refractivity contribution >= 4 is 39.1 Å². The number of nitrogens with one attached hydrogen (secondary N) is 2. The summed E-state index contributed by atoms with van der Waals surface area (Å²) in [6.45, 7) is 3.69. The van der Waals surface area contributed by atoms with E-state index in [4.69, 9.17) is 0 Å². The number of benzene rings is 2. The molecule has 0 aliphatic rings. The molecular formula is C17H17BrN2O2. The molecule has 2 N–H and O–H groups in total. The molecular weight excluding hydrogens is 344 g/mol. The minimum atomic E-state index is -0.169. The molecule has 2 rings (SSSR count). The number of hydrogen-bond donors (Lipinski definition) is 2. The van der Waals surface area contributed by atoms with Crippen molar-refractivity contribution in [2.24, 2.45) is 0 Å². The molecule has 0 atom stereocenters. The molecule has 0 heterocycles. The Hall–Kier alpha value is -2.14. The van der Waals surface area contributed by atoms with E-state index in [1.807, 2.05) is 25.1 Å². The summed E-state index contributed by atoms with van der Waals surface area (Å²) in [6, 6.07) is 12.6.